The predicted octanol–water partition coefficient (Wildman–Crippen LogP) is 4.10. The molecule has 0 aromatic heterocycles. The van der Waals surface area contributed by atoms with Crippen LogP contribution in [-0.2, 0) is 0 Å². The summed E-state index contributed by atoms with van der Waals surface area (Å²) in [5.41, 5.74) is 0.800. The van der Waals surface area contributed by atoms with Gasteiger partial charge >= 0.3 is 0 Å². The van der Waals surface area contributed by atoms with Gasteiger partial charge in [0.25, 0.3) is 5.91 Å². The summed E-state index contributed by atoms with van der Waals surface area (Å²) in [6.07, 6.45) is 3.42. The van der Waals surface area contributed by atoms with E-state index in [0.717, 1.165) is 23.0 Å². The molecule has 1 aliphatic carbocycles. The van der Waals surface area contributed by atoms with E-state index in [1.807, 2.05) is 24.3 Å². The van der Waals surface area contributed by atoms with Crippen LogP contribution >= 0.6 is 15.9 Å². The zero-order chi connectivity index (χ0) is 13.1. The Morgan fingerprint density at radius 2 is 1.94 bits per heavy atom. The van der Waals surface area contributed by atoms with Crippen LogP contribution in [0.15, 0.2) is 28.7 Å². The molecule has 1 fully saturated rings. The number of benzene rings is 1. The Labute approximate surface area is 117 Å². The van der Waals surface area contributed by atoms with Gasteiger partial charge in [0.05, 0.1) is 0 Å². The first-order valence-electron chi connectivity index (χ1n) is 6.64. The maximum atomic E-state index is 12.5. The van der Waals surface area contributed by atoms with Crippen molar-refractivity contribution >= 4 is 21.8 Å². The summed E-state index contributed by atoms with van der Waals surface area (Å²) in [5, 5.41) is 0. The Bertz CT molecular complexity index is 409. The Hall–Kier alpha value is -0.830. The van der Waals surface area contributed by atoms with Crippen LogP contribution in [0.2, 0.25) is 0 Å². The molecule has 0 atom stereocenters. The standard InChI is InChI=1S/C15H20BrNO/c1-11(2)9-10-17(14-7-8-14)15(18)12-3-5-13(16)6-4-12/h3-6,11,14H,7-10H2,1-2H3. The van der Waals surface area contributed by atoms with Crippen molar-refractivity contribution in [2.24, 2.45) is 5.92 Å². The monoisotopic (exact) mass is 309 g/mol. The van der Waals surface area contributed by atoms with E-state index in [4.69, 9.17) is 0 Å². The van der Waals surface area contributed by atoms with Gasteiger partial charge < -0.3 is 4.90 Å². The van der Waals surface area contributed by atoms with Crippen LogP contribution < -0.4 is 0 Å². The maximum absolute atomic E-state index is 12.5. The highest BCUT2D eigenvalue weighted by Gasteiger charge is 2.32. The molecule has 2 rings (SSSR count). The van der Waals surface area contributed by atoms with E-state index >= 15 is 0 Å². The molecule has 1 saturated carbocycles. The van der Waals surface area contributed by atoms with E-state index in [0.29, 0.717) is 12.0 Å². The molecule has 1 aromatic rings. The third-order valence-electron chi connectivity index (χ3n) is 3.29. The minimum absolute atomic E-state index is 0.186. The first kappa shape index (κ1) is 13.6. The van der Waals surface area contributed by atoms with Gasteiger partial charge in [-0.3, -0.25) is 4.79 Å². The molecule has 18 heavy (non-hydrogen) atoms. The minimum atomic E-state index is 0.186. The van der Waals surface area contributed by atoms with Crippen LogP contribution in [-0.4, -0.2) is 23.4 Å². The van der Waals surface area contributed by atoms with Gasteiger partial charge in [0, 0.05) is 22.6 Å². The SMILES string of the molecule is CC(C)CCN(C(=O)c1ccc(Br)cc1)C1CC1. The topological polar surface area (TPSA) is 20.3 Å². The molecule has 0 N–H and O–H groups in total. The van der Waals surface area contributed by atoms with Crippen LogP contribution in [0, 0.1) is 5.92 Å². The quantitative estimate of drug-likeness (QED) is 0.802. The molecule has 0 heterocycles. The van der Waals surface area contributed by atoms with Crippen molar-refractivity contribution in [3.63, 3.8) is 0 Å². The molecule has 0 saturated heterocycles. The summed E-state index contributed by atoms with van der Waals surface area (Å²) >= 11 is 3.40. The summed E-state index contributed by atoms with van der Waals surface area (Å²) in [6.45, 7) is 5.29. The molecule has 98 valence electrons. The largest absolute Gasteiger partial charge is 0.336 e. The van der Waals surface area contributed by atoms with Gasteiger partial charge in [-0.05, 0) is 49.4 Å². The average Bonchev–Trinajstić information content (AvgIpc) is 3.14. The molecule has 0 spiro atoms. The van der Waals surface area contributed by atoms with E-state index in [-0.39, 0.29) is 5.91 Å². The molecule has 1 aliphatic rings. The van der Waals surface area contributed by atoms with E-state index in [9.17, 15) is 4.79 Å². The van der Waals surface area contributed by atoms with Gasteiger partial charge in [-0.1, -0.05) is 29.8 Å². The van der Waals surface area contributed by atoms with Gasteiger partial charge in [0.15, 0.2) is 0 Å². The van der Waals surface area contributed by atoms with E-state index in [2.05, 4.69) is 34.7 Å². The normalized spacial score (nSPS) is 14.9. The van der Waals surface area contributed by atoms with Gasteiger partial charge in [-0.15, -0.1) is 0 Å². The Balaban J connectivity index is 2.05. The lowest BCUT2D eigenvalue weighted by Crippen LogP contribution is -2.34. The first-order chi connectivity index (χ1) is 8.58. The van der Waals surface area contributed by atoms with Gasteiger partial charge in [0.2, 0.25) is 0 Å². The van der Waals surface area contributed by atoms with E-state index in [1.165, 1.54) is 12.8 Å². The second kappa shape index (κ2) is 5.87. The molecule has 1 amide bonds. The Kier molecular flexibility index (Phi) is 4.44. The van der Waals surface area contributed by atoms with Gasteiger partial charge in [-0.25, -0.2) is 0 Å². The summed E-state index contributed by atoms with van der Waals surface area (Å²) in [5.74, 6) is 0.828. The molecule has 0 bridgehead atoms. The number of halogens is 1. The summed E-state index contributed by atoms with van der Waals surface area (Å²) in [4.78, 5) is 14.5. The summed E-state index contributed by atoms with van der Waals surface area (Å²) in [6, 6.07) is 8.15. The Morgan fingerprint density at radius 1 is 1.33 bits per heavy atom. The fourth-order valence-corrected chi connectivity index (χ4v) is 2.26. The van der Waals surface area contributed by atoms with Crippen molar-refractivity contribution < 1.29 is 4.79 Å². The molecule has 0 radical (unpaired) electrons. The maximum Gasteiger partial charge on any atom is 0.254 e. The number of amides is 1. The highest BCUT2D eigenvalue weighted by atomic mass is 79.9. The van der Waals surface area contributed by atoms with Crippen molar-refractivity contribution in [2.75, 3.05) is 6.54 Å². The highest BCUT2D eigenvalue weighted by molar-refractivity contribution is 9.10. The van der Waals surface area contributed by atoms with Crippen LogP contribution in [0.25, 0.3) is 0 Å². The smallest absolute Gasteiger partial charge is 0.254 e. The van der Waals surface area contributed by atoms with Crippen LogP contribution in [0.1, 0.15) is 43.5 Å². The van der Waals surface area contributed by atoms with E-state index < -0.39 is 0 Å². The number of hydrogen-bond acceptors (Lipinski definition) is 1. The molecule has 1 aromatic carbocycles. The predicted molar refractivity (Wildman–Crippen MR) is 77.7 cm³/mol. The van der Waals surface area contributed by atoms with Crippen molar-refractivity contribution in [1.82, 2.24) is 4.90 Å². The fraction of sp³-hybridized carbons (Fsp3) is 0.533. The zero-order valence-electron chi connectivity index (χ0n) is 11.0. The molecular weight excluding hydrogens is 290 g/mol. The van der Waals surface area contributed by atoms with Crippen LogP contribution in [0.5, 0.6) is 0 Å². The Morgan fingerprint density at radius 3 is 2.44 bits per heavy atom. The minimum Gasteiger partial charge on any atom is -0.336 e. The second-order valence-corrected chi connectivity index (χ2v) is 6.33. The van der Waals surface area contributed by atoms with Crippen LogP contribution in [0.3, 0.4) is 0 Å². The summed E-state index contributed by atoms with van der Waals surface area (Å²) < 4.78 is 1.01. The zero-order valence-corrected chi connectivity index (χ0v) is 12.6. The van der Waals surface area contributed by atoms with Gasteiger partial charge in [0.1, 0.15) is 0 Å². The molecule has 0 unspecified atom stereocenters. The van der Waals surface area contributed by atoms with Crippen molar-refractivity contribution in [3.05, 3.63) is 34.3 Å². The average molecular weight is 310 g/mol. The number of nitrogens with zero attached hydrogens (tertiary/aromatic N) is 1. The number of carbonyl (C=O) groups is 1. The molecule has 0 aliphatic heterocycles. The van der Waals surface area contributed by atoms with Crippen molar-refractivity contribution in [2.45, 2.75) is 39.2 Å². The molecule has 2 nitrogen and oxygen atoms in total. The second-order valence-electron chi connectivity index (χ2n) is 5.42. The van der Waals surface area contributed by atoms with Crippen molar-refractivity contribution in [1.29, 1.82) is 0 Å². The number of carbonyl (C=O) groups excluding carboxylic acids is 1. The van der Waals surface area contributed by atoms with Crippen LogP contribution in [0.4, 0.5) is 0 Å². The first-order valence-corrected chi connectivity index (χ1v) is 7.43. The molecular formula is C15H20BrNO. The van der Waals surface area contributed by atoms with E-state index in [1.54, 1.807) is 0 Å². The lowest BCUT2D eigenvalue weighted by molar-refractivity contribution is 0.0735. The number of hydrogen-bond donors (Lipinski definition) is 0. The summed E-state index contributed by atoms with van der Waals surface area (Å²) in [7, 11) is 0. The lowest BCUT2D eigenvalue weighted by Gasteiger charge is -2.23. The fourth-order valence-electron chi connectivity index (χ4n) is 1.99. The third kappa shape index (κ3) is 3.58. The highest BCUT2D eigenvalue weighted by Crippen LogP contribution is 2.29. The van der Waals surface area contributed by atoms with Crippen molar-refractivity contribution in [3.8, 4) is 0 Å². The lowest BCUT2D eigenvalue weighted by atomic mass is 10.1. The van der Waals surface area contributed by atoms with Gasteiger partial charge in [-0.2, -0.15) is 0 Å². The molecule has 3 heteroatoms. The third-order valence-corrected chi connectivity index (χ3v) is 3.82. The number of rotatable bonds is 5.